The molecule has 0 spiro atoms. The molecule has 2 aliphatic heterocycles. The van der Waals surface area contributed by atoms with E-state index in [9.17, 15) is 14.4 Å². The highest BCUT2D eigenvalue weighted by molar-refractivity contribution is 6.07. The van der Waals surface area contributed by atoms with Crippen molar-refractivity contribution < 1.29 is 28.6 Å². The van der Waals surface area contributed by atoms with Gasteiger partial charge in [0.25, 0.3) is 11.8 Å². The smallest absolute Gasteiger partial charge is 0.259 e. The number of aromatic nitrogens is 1. The standard InChI is InChI=1S/C31H34N4O6/c1-35-25-9-8-22(18-29(36)33-16-13-20-11-14-32-15-12-20)41-28(25)19-40-27-10-7-21(17-24(27)31(35)38)34-30(37)23-5-3-4-6-26(23)39-2/h3-7,10-12,14-15,17,22,25,28H,8-9,13,16,18-19H2,1-2H3,(H,33,36)(H,34,37)/t22-,25-,28-/m0/s1. The van der Waals surface area contributed by atoms with Crippen LogP contribution in [0.4, 0.5) is 5.69 Å². The SMILES string of the molecule is COc1ccccc1C(=O)Nc1ccc2c(c1)C(=O)N(C)[C@H]1CC[C@@H](CC(=O)NCCc3ccncc3)O[C@H]1CO2. The third-order valence-electron chi connectivity index (χ3n) is 7.52. The number of benzene rings is 2. The molecule has 3 heterocycles. The number of para-hydroxylation sites is 1. The van der Waals surface area contributed by atoms with Crippen molar-refractivity contribution in [2.24, 2.45) is 0 Å². The number of nitrogens with one attached hydrogen (secondary N) is 2. The first-order valence-corrected chi connectivity index (χ1v) is 13.7. The van der Waals surface area contributed by atoms with Crippen LogP contribution >= 0.6 is 0 Å². The van der Waals surface area contributed by atoms with E-state index in [2.05, 4.69) is 15.6 Å². The molecule has 41 heavy (non-hydrogen) atoms. The average molecular weight is 559 g/mol. The molecule has 10 nitrogen and oxygen atoms in total. The molecular weight excluding hydrogens is 524 g/mol. The minimum Gasteiger partial charge on any atom is -0.496 e. The Balaban J connectivity index is 1.20. The Morgan fingerprint density at radius 1 is 1.10 bits per heavy atom. The number of hydrogen-bond donors (Lipinski definition) is 2. The summed E-state index contributed by atoms with van der Waals surface area (Å²) >= 11 is 0. The van der Waals surface area contributed by atoms with Gasteiger partial charge < -0.3 is 29.7 Å². The number of ether oxygens (including phenoxy) is 3. The number of amides is 3. The predicted octanol–water partition coefficient (Wildman–Crippen LogP) is 3.47. The molecule has 0 saturated carbocycles. The van der Waals surface area contributed by atoms with Crippen molar-refractivity contribution in [2.45, 2.75) is 43.9 Å². The summed E-state index contributed by atoms with van der Waals surface area (Å²) in [7, 11) is 3.26. The maximum absolute atomic E-state index is 13.5. The third kappa shape index (κ3) is 6.66. The number of nitrogens with zero attached hydrogens (tertiary/aromatic N) is 2. The summed E-state index contributed by atoms with van der Waals surface area (Å²) in [5.74, 6) is 0.239. The Kier molecular flexibility index (Phi) is 8.79. The van der Waals surface area contributed by atoms with Crippen LogP contribution in [0.5, 0.6) is 11.5 Å². The first-order valence-electron chi connectivity index (χ1n) is 13.7. The molecule has 1 saturated heterocycles. The van der Waals surface area contributed by atoms with Crippen LogP contribution in [0, 0.1) is 0 Å². The van der Waals surface area contributed by atoms with Crippen molar-refractivity contribution in [3.05, 3.63) is 83.7 Å². The highest BCUT2D eigenvalue weighted by atomic mass is 16.5. The van der Waals surface area contributed by atoms with Gasteiger partial charge in [-0.3, -0.25) is 19.4 Å². The zero-order chi connectivity index (χ0) is 28.8. The van der Waals surface area contributed by atoms with E-state index < -0.39 is 0 Å². The Morgan fingerprint density at radius 3 is 2.71 bits per heavy atom. The molecule has 10 heteroatoms. The number of hydrogen-bond acceptors (Lipinski definition) is 7. The number of fused-ring (bicyclic) bond motifs is 2. The fourth-order valence-corrected chi connectivity index (χ4v) is 5.31. The molecule has 3 aromatic rings. The van der Waals surface area contributed by atoms with Crippen LogP contribution in [0.25, 0.3) is 0 Å². The minimum absolute atomic E-state index is 0.0632. The quantitative estimate of drug-likeness (QED) is 0.435. The molecule has 2 N–H and O–H groups in total. The molecule has 1 aromatic heterocycles. The van der Waals surface area contributed by atoms with Crippen LogP contribution in [0.15, 0.2) is 67.0 Å². The number of carbonyl (C=O) groups is 3. The van der Waals surface area contributed by atoms with E-state index in [1.54, 1.807) is 66.8 Å². The molecule has 2 aromatic carbocycles. The largest absolute Gasteiger partial charge is 0.496 e. The molecule has 0 radical (unpaired) electrons. The summed E-state index contributed by atoms with van der Waals surface area (Å²) in [6, 6.07) is 15.6. The van der Waals surface area contributed by atoms with Gasteiger partial charge in [0.2, 0.25) is 5.91 Å². The summed E-state index contributed by atoms with van der Waals surface area (Å²) in [6.45, 7) is 0.780. The minimum atomic E-state index is -0.370. The van der Waals surface area contributed by atoms with Crippen LogP contribution in [0.1, 0.15) is 45.5 Å². The number of carbonyl (C=O) groups excluding carboxylic acids is 3. The summed E-state index contributed by atoms with van der Waals surface area (Å²) in [5, 5.41) is 5.81. The molecule has 3 amide bonds. The maximum atomic E-state index is 13.5. The summed E-state index contributed by atoms with van der Waals surface area (Å²) < 4.78 is 17.6. The molecule has 2 aliphatic rings. The number of anilines is 1. The maximum Gasteiger partial charge on any atom is 0.259 e. The van der Waals surface area contributed by atoms with Gasteiger partial charge in [-0.1, -0.05) is 12.1 Å². The van der Waals surface area contributed by atoms with E-state index in [0.29, 0.717) is 47.7 Å². The number of pyridine rings is 1. The second-order valence-corrected chi connectivity index (χ2v) is 10.2. The van der Waals surface area contributed by atoms with E-state index in [-0.39, 0.29) is 49.0 Å². The summed E-state index contributed by atoms with van der Waals surface area (Å²) in [6.07, 6.45) is 5.17. The summed E-state index contributed by atoms with van der Waals surface area (Å²) in [5.41, 5.74) is 2.33. The average Bonchev–Trinajstić information content (AvgIpc) is 2.99. The second-order valence-electron chi connectivity index (χ2n) is 10.2. The first kappa shape index (κ1) is 28.1. The molecule has 5 rings (SSSR count). The lowest BCUT2D eigenvalue weighted by Gasteiger charge is -2.42. The van der Waals surface area contributed by atoms with Crippen molar-refractivity contribution in [1.29, 1.82) is 0 Å². The van der Waals surface area contributed by atoms with Crippen molar-refractivity contribution in [1.82, 2.24) is 15.2 Å². The van der Waals surface area contributed by atoms with E-state index in [1.807, 2.05) is 12.1 Å². The van der Waals surface area contributed by atoms with Crippen LogP contribution in [-0.2, 0) is 16.0 Å². The fraction of sp³-hybridized carbons (Fsp3) is 0.355. The van der Waals surface area contributed by atoms with E-state index in [4.69, 9.17) is 14.2 Å². The van der Waals surface area contributed by atoms with Crippen LogP contribution < -0.4 is 20.1 Å². The van der Waals surface area contributed by atoms with Crippen molar-refractivity contribution in [3.8, 4) is 11.5 Å². The van der Waals surface area contributed by atoms with Gasteiger partial charge in [-0.25, -0.2) is 0 Å². The number of rotatable bonds is 8. The lowest BCUT2D eigenvalue weighted by atomic mass is 9.94. The normalized spacial score (nSPS) is 20.0. The van der Waals surface area contributed by atoms with Crippen molar-refractivity contribution in [3.63, 3.8) is 0 Å². The molecule has 0 unspecified atom stereocenters. The molecule has 1 fully saturated rings. The van der Waals surface area contributed by atoms with Gasteiger partial charge in [0.05, 0.1) is 36.8 Å². The third-order valence-corrected chi connectivity index (χ3v) is 7.52. The van der Waals surface area contributed by atoms with Gasteiger partial charge in [-0.15, -0.1) is 0 Å². The van der Waals surface area contributed by atoms with Gasteiger partial charge in [-0.2, -0.15) is 0 Å². The Bertz CT molecular complexity index is 1400. The van der Waals surface area contributed by atoms with Gasteiger partial charge in [0.15, 0.2) is 0 Å². The lowest BCUT2D eigenvalue weighted by molar-refractivity contribution is -0.134. The van der Waals surface area contributed by atoms with Crippen molar-refractivity contribution >= 4 is 23.4 Å². The van der Waals surface area contributed by atoms with Crippen molar-refractivity contribution in [2.75, 3.05) is 32.6 Å². The predicted molar refractivity (Wildman–Crippen MR) is 152 cm³/mol. The molecule has 0 aliphatic carbocycles. The number of likely N-dealkylation sites (N-methyl/N-ethyl adjacent to an activating group) is 1. The first-order chi connectivity index (χ1) is 19.9. The second kappa shape index (κ2) is 12.8. The summed E-state index contributed by atoms with van der Waals surface area (Å²) in [4.78, 5) is 44.7. The Hall–Kier alpha value is -4.44. The van der Waals surface area contributed by atoms with Crippen LogP contribution in [-0.4, -0.2) is 73.2 Å². The van der Waals surface area contributed by atoms with E-state index in [1.165, 1.54) is 7.11 Å². The van der Waals surface area contributed by atoms with Crippen LogP contribution in [0.3, 0.4) is 0 Å². The van der Waals surface area contributed by atoms with Gasteiger partial charge in [0.1, 0.15) is 24.2 Å². The zero-order valence-corrected chi connectivity index (χ0v) is 23.2. The fourth-order valence-electron chi connectivity index (χ4n) is 5.31. The van der Waals surface area contributed by atoms with E-state index >= 15 is 0 Å². The van der Waals surface area contributed by atoms with E-state index in [0.717, 1.165) is 12.0 Å². The Labute approximate surface area is 239 Å². The molecule has 214 valence electrons. The van der Waals surface area contributed by atoms with Crippen LogP contribution in [0.2, 0.25) is 0 Å². The van der Waals surface area contributed by atoms with Gasteiger partial charge in [-0.05, 0) is 67.3 Å². The highest BCUT2D eigenvalue weighted by Crippen LogP contribution is 2.33. The monoisotopic (exact) mass is 558 g/mol. The van der Waals surface area contributed by atoms with Gasteiger partial charge in [0, 0.05) is 31.7 Å². The zero-order valence-electron chi connectivity index (χ0n) is 23.2. The molecule has 0 bridgehead atoms. The topological polar surface area (TPSA) is 119 Å². The number of methoxy groups -OCH3 is 1. The van der Waals surface area contributed by atoms with Gasteiger partial charge >= 0.3 is 0 Å². The lowest BCUT2D eigenvalue weighted by Crippen LogP contribution is -2.54. The Morgan fingerprint density at radius 2 is 1.90 bits per heavy atom. The molecular formula is C31H34N4O6. The highest BCUT2D eigenvalue weighted by Gasteiger charge is 2.39. The molecule has 3 atom stereocenters.